The Hall–Kier alpha value is -1.65. The second-order valence-corrected chi connectivity index (χ2v) is 13.7. The second kappa shape index (κ2) is 41.5. The minimum Gasteiger partial charge on any atom is -0.457 e. The van der Waals surface area contributed by atoms with Gasteiger partial charge in [-0.15, -0.1) is 0 Å². The average Bonchev–Trinajstić information content (AvgIpc) is 3.09. The van der Waals surface area contributed by atoms with Crippen molar-refractivity contribution in [3.63, 3.8) is 0 Å². The van der Waals surface area contributed by atoms with E-state index in [-0.39, 0.29) is 12.6 Å². The predicted molar refractivity (Wildman–Crippen MR) is 210 cm³/mol. The molecule has 0 aromatic heterocycles. The van der Waals surface area contributed by atoms with Crippen LogP contribution in [0.25, 0.3) is 0 Å². The second-order valence-electron chi connectivity index (χ2n) is 13.7. The molecule has 0 aliphatic heterocycles. The van der Waals surface area contributed by atoms with Crippen LogP contribution < -0.4 is 0 Å². The molecular weight excluding hydrogens is 592 g/mol. The minimum absolute atomic E-state index is 0.177. The Labute approximate surface area is 299 Å². The van der Waals surface area contributed by atoms with Gasteiger partial charge in [0, 0.05) is 13.0 Å². The van der Waals surface area contributed by atoms with Gasteiger partial charge in [0.25, 0.3) is 0 Å². The van der Waals surface area contributed by atoms with Crippen LogP contribution >= 0.6 is 0 Å². The van der Waals surface area contributed by atoms with E-state index in [4.69, 9.17) is 9.47 Å². The summed E-state index contributed by atoms with van der Waals surface area (Å²) in [7, 11) is 0. The predicted octanol–water partition coefficient (Wildman–Crippen LogP) is 13.5. The van der Waals surface area contributed by atoms with Crippen molar-refractivity contribution in [3.8, 4) is 0 Å². The number of allylic oxidation sites excluding steroid dienone is 8. The zero-order chi connectivity index (χ0) is 34.9. The van der Waals surface area contributed by atoms with E-state index < -0.39 is 6.10 Å². The van der Waals surface area contributed by atoms with Crippen LogP contribution in [0.3, 0.4) is 0 Å². The van der Waals surface area contributed by atoms with Crippen molar-refractivity contribution in [2.24, 2.45) is 0 Å². The first-order valence-electron chi connectivity index (χ1n) is 20.7. The number of hydrogen-bond donors (Lipinski definition) is 1. The first-order valence-corrected chi connectivity index (χ1v) is 20.7. The quantitative estimate of drug-likeness (QED) is 0.0403. The van der Waals surface area contributed by atoms with E-state index in [0.29, 0.717) is 19.6 Å². The summed E-state index contributed by atoms with van der Waals surface area (Å²) >= 11 is 0. The molecule has 0 amide bonds. The standard InChI is InChI=1S/C44H80O4/c1-3-5-7-9-11-13-15-16-17-18-19-20-21-22-23-24-25-26-27-28-29-30-32-34-36-38-40-47-42-43(41-45)48-44(46)39-37-35-33-31-14-12-10-8-6-4-2/h8,10,15-16,18-19,21-22,43,45H,3-7,9,11-14,17,20,23-42H2,1-2H3/b10-8-,16-15-,19-18-,22-21-. The Bertz CT molecular complexity index is 753. The van der Waals surface area contributed by atoms with E-state index >= 15 is 0 Å². The lowest BCUT2D eigenvalue weighted by Gasteiger charge is -2.15. The lowest BCUT2D eigenvalue weighted by Crippen LogP contribution is -2.27. The van der Waals surface area contributed by atoms with Crippen LogP contribution in [-0.2, 0) is 14.3 Å². The molecule has 0 aliphatic rings. The van der Waals surface area contributed by atoms with Crippen LogP contribution in [0, 0.1) is 0 Å². The largest absolute Gasteiger partial charge is 0.457 e. The normalized spacial score (nSPS) is 12.8. The van der Waals surface area contributed by atoms with E-state index in [1.807, 2.05) is 0 Å². The Morgan fingerprint density at radius 1 is 0.500 bits per heavy atom. The van der Waals surface area contributed by atoms with Gasteiger partial charge in [-0.2, -0.15) is 0 Å². The van der Waals surface area contributed by atoms with Gasteiger partial charge in [-0.05, 0) is 70.6 Å². The summed E-state index contributed by atoms with van der Waals surface area (Å²) in [4.78, 5) is 12.1. The lowest BCUT2D eigenvalue weighted by atomic mass is 10.1. The summed E-state index contributed by atoms with van der Waals surface area (Å²) in [5.41, 5.74) is 0. The van der Waals surface area contributed by atoms with Crippen molar-refractivity contribution in [3.05, 3.63) is 48.6 Å². The topological polar surface area (TPSA) is 55.8 Å². The van der Waals surface area contributed by atoms with Crippen LogP contribution in [0.15, 0.2) is 48.6 Å². The van der Waals surface area contributed by atoms with Crippen LogP contribution in [0.2, 0.25) is 0 Å². The summed E-state index contributed by atoms with van der Waals surface area (Å²) < 4.78 is 11.1. The third kappa shape index (κ3) is 38.8. The molecule has 1 unspecified atom stereocenters. The zero-order valence-corrected chi connectivity index (χ0v) is 32.0. The van der Waals surface area contributed by atoms with Crippen LogP contribution in [0.4, 0.5) is 0 Å². The Kier molecular flexibility index (Phi) is 40.1. The summed E-state index contributed by atoms with van der Waals surface area (Å²) in [5, 5.41) is 9.55. The molecular formula is C44H80O4. The number of carbonyl (C=O) groups excluding carboxylic acids is 1. The van der Waals surface area contributed by atoms with Gasteiger partial charge in [0.2, 0.25) is 0 Å². The Balaban J connectivity index is 3.41. The summed E-state index contributed by atoms with van der Waals surface area (Å²) in [6.07, 6.45) is 53.2. The highest BCUT2D eigenvalue weighted by Crippen LogP contribution is 2.13. The molecule has 0 aromatic rings. The average molecular weight is 673 g/mol. The van der Waals surface area contributed by atoms with Gasteiger partial charge < -0.3 is 14.6 Å². The lowest BCUT2D eigenvalue weighted by molar-refractivity contribution is -0.154. The van der Waals surface area contributed by atoms with Gasteiger partial charge in [-0.3, -0.25) is 4.79 Å². The van der Waals surface area contributed by atoms with Crippen molar-refractivity contribution in [2.75, 3.05) is 19.8 Å². The summed E-state index contributed by atoms with van der Waals surface area (Å²) in [6, 6.07) is 0. The Morgan fingerprint density at radius 2 is 0.917 bits per heavy atom. The van der Waals surface area contributed by atoms with Gasteiger partial charge in [0.15, 0.2) is 0 Å². The highest BCUT2D eigenvalue weighted by atomic mass is 16.6. The molecule has 0 radical (unpaired) electrons. The van der Waals surface area contributed by atoms with Gasteiger partial charge in [-0.25, -0.2) is 0 Å². The first kappa shape index (κ1) is 46.4. The van der Waals surface area contributed by atoms with Crippen LogP contribution in [0.1, 0.15) is 200 Å². The van der Waals surface area contributed by atoms with Crippen molar-refractivity contribution in [1.82, 2.24) is 0 Å². The molecule has 4 nitrogen and oxygen atoms in total. The minimum atomic E-state index is -0.539. The van der Waals surface area contributed by atoms with Gasteiger partial charge in [0.1, 0.15) is 6.10 Å². The summed E-state index contributed by atoms with van der Waals surface area (Å²) in [5.74, 6) is -0.214. The van der Waals surface area contributed by atoms with Gasteiger partial charge >= 0.3 is 5.97 Å². The van der Waals surface area contributed by atoms with E-state index in [0.717, 1.165) is 44.9 Å². The van der Waals surface area contributed by atoms with Crippen molar-refractivity contribution in [1.29, 1.82) is 0 Å². The number of rotatable bonds is 38. The SMILES string of the molecule is CCC/C=C\CCCCCCCC(=O)OC(CO)COCCCCCCCCCCCCC/C=C\C/C=C\C/C=C\CCCCCCC. The number of esters is 1. The van der Waals surface area contributed by atoms with Crippen molar-refractivity contribution < 1.29 is 19.4 Å². The molecule has 0 bridgehead atoms. The van der Waals surface area contributed by atoms with Crippen molar-refractivity contribution >= 4 is 5.97 Å². The molecule has 1 N–H and O–H groups in total. The molecule has 48 heavy (non-hydrogen) atoms. The summed E-state index contributed by atoms with van der Waals surface area (Å²) in [6.45, 7) is 5.26. The van der Waals surface area contributed by atoms with E-state index in [1.54, 1.807) is 0 Å². The fourth-order valence-electron chi connectivity index (χ4n) is 5.75. The molecule has 0 aliphatic carbocycles. The van der Waals surface area contributed by atoms with Crippen LogP contribution in [-0.4, -0.2) is 37.0 Å². The van der Waals surface area contributed by atoms with Crippen molar-refractivity contribution in [2.45, 2.75) is 206 Å². The number of carbonyl (C=O) groups is 1. The molecule has 280 valence electrons. The maximum atomic E-state index is 12.1. The molecule has 0 spiro atoms. The number of aliphatic hydroxyl groups is 1. The third-order valence-electron chi connectivity index (χ3n) is 8.86. The molecule has 0 saturated heterocycles. The van der Waals surface area contributed by atoms with Gasteiger partial charge in [0.05, 0.1) is 13.2 Å². The highest BCUT2D eigenvalue weighted by Gasteiger charge is 2.13. The first-order chi connectivity index (χ1) is 23.7. The Morgan fingerprint density at radius 3 is 1.42 bits per heavy atom. The number of hydrogen-bond acceptors (Lipinski definition) is 4. The van der Waals surface area contributed by atoms with Gasteiger partial charge in [-0.1, -0.05) is 172 Å². The third-order valence-corrected chi connectivity index (χ3v) is 8.86. The molecule has 4 heteroatoms. The molecule has 0 heterocycles. The molecule has 0 fully saturated rings. The zero-order valence-electron chi connectivity index (χ0n) is 32.0. The smallest absolute Gasteiger partial charge is 0.306 e. The van der Waals surface area contributed by atoms with Crippen LogP contribution in [0.5, 0.6) is 0 Å². The molecule has 0 rings (SSSR count). The number of aliphatic hydroxyl groups excluding tert-OH is 1. The molecule has 0 saturated carbocycles. The fraction of sp³-hybridized carbons (Fsp3) is 0.795. The highest BCUT2D eigenvalue weighted by molar-refractivity contribution is 5.69. The number of ether oxygens (including phenoxy) is 2. The molecule has 1 atom stereocenters. The molecule has 0 aromatic carbocycles. The maximum Gasteiger partial charge on any atom is 0.306 e. The van der Waals surface area contributed by atoms with E-state index in [9.17, 15) is 9.90 Å². The van der Waals surface area contributed by atoms with E-state index in [2.05, 4.69) is 62.5 Å². The number of unbranched alkanes of at least 4 members (excludes halogenated alkanes) is 22. The fourth-order valence-corrected chi connectivity index (χ4v) is 5.75. The van der Waals surface area contributed by atoms with E-state index in [1.165, 1.54) is 135 Å². The monoisotopic (exact) mass is 673 g/mol. The maximum absolute atomic E-state index is 12.1.